The van der Waals surface area contributed by atoms with Gasteiger partial charge in [-0.25, -0.2) is 9.59 Å². The topological polar surface area (TPSA) is 143 Å². The maximum atomic E-state index is 12.7. The highest BCUT2D eigenvalue weighted by atomic mass is 35.5. The standard InChI is InChI=1S/C26H36N8O3.ClH/c1-26(2,28)23(35)32-11-13-33(14-12-32)24(36)29-21-8-10-34(25(37)30-21)18-5-3-17(4-6-18)15-31-9-7-19-20(16-31)22(19)27;/h3-6,8,10,19-20,22H,7,9,11-16,27-28H2,1-2H3,(H,29,30,36,37);1H/t19-,20+,22+;/m1./s1. The van der Waals surface area contributed by atoms with Crippen molar-refractivity contribution in [3.63, 3.8) is 0 Å². The Morgan fingerprint density at radius 3 is 2.29 bits per heavy atom. The van der Waals surface area contributed by atoms with Crippen molar-refractivity contribution in [3.05, 3.63) is 52.6 Å². The van der Waals surface area contributed by atoms with Crippen molar-refractivity contribution in [2.45, 2.75) is 38.4 Å². The van der Waals surface area contributed by atoms with E-state index in [9.17, 15) is 14.4 Å². The second-order valence-corrected chi connectivity index (χ2v) is 11.0. The smallest absolute Gasteiger partial charge is 0.338 e. The van der Waals surface area contributed by atoms with Gasteiger partial charge in [-0.3, -0.25) is 19.6 Å². The predicted molar refractivity (Wildman–Crippen MR) is 147 cm³/mol. The Morgan fingerprint density at radius 1 is 1.03 bits per heavy atom. The van der Waals surface area contributed by atoms with E-state index in [-0.39, 0.29) is 30.2 Å². The van der Waals surface area contributed by atoms with E-state index in [1.807, 2.05) is 24.3 Å². The number of rotatable bonds is 5. The van der Waals surface area contributed by atoms with Crippen LogP contribution in [-0.2, 0) is 11.3 Å². The number of fused-ring (bicyclic) bond motifs is 1. The third kappa shape index (κ3) is 6.01. The van der Waals surface area contributed by atoms with Crippen LogP contribution in [0.1, 0.15) is 25.8 Å². The van der Waals surface area contributed by atoms with E-state index in [0.29, 0.717) is 43.8 Å². The maximum Gasteiger partial charge on any atom is 0.354 e. The molecule has 3 fully saturated rings. The van der Waals surface area contributed by atoms with Crippen LogP contribution in [0.5, 0.6) is 0 Å². The van der Waals surface area contributed by atoms with Crippen molar-refractivity contribution in [1.82, 2.24) is 24.3 Å². The van der Waals surface area contributed by atoms with Crippen molar-refractivity contribution in [2.24, 2.45) is 23.3 Å². The number of aromatic nitrogens is 2. The normalized spacial score (nSPS) is 23.3. The summed E-state index contributed by atoms with van der Waals surface area (Å²) in [5.74, 6) is 1.41. The summed E-state index contributed by atoms with van der Waals surface area (Å²) in [4.78, 5) is 47.5. The van der Waals surface area contributed by atoms with E-state index in [2.05, 4.69) is 15.2 Å². The van der Waals surface area contributed by atoms with Crippen LogP contribution in [0.15, 0.2) is 41.3 Å². The summed E-state index contributed by atoms with van der Waals surface area (Å²) in [5.41, 5.74) is 12.5. The highest BCUT2D eigenvalue weighted by Crippen LogP contribution is 2.43. The maximum absolute atomic E-state index is 12.7. The molecule has 1 aliphatic carbocycles. The number of piperidine rings is 1. The van der Waals surface area contributed by atoms with Crippen molar-refractivity contribution < 1.29 is 9.59 Å². The summed E-state index contributed by atoms with van der Waals surface area (Å²) in [7, 11) is 0. The van der Waals surface area contributed by atoms with Crippen molar-refractivity contribution in [2.75, 3.05) is 44.6 Å². The fourth-order valence-corrected chi connectivity index (χ4v) is 5.40. The first-order valence-corrected chi connectivity index (χ1v) is 12.9. The number of hydrogen-bond donors (Lipinski definition) is 3. The molecule has 11 nitrogen and oxygen atoms in total. The number of carbonyl (C=O) groups excluding carboxylic acids is 2. The van der Waals surface area contributed by atoms with E-state index >= 15 is 0 Å². The number of amides is 3. The lowest BCUT2D eigenvalue weighted by Crippen LogP contribution is -2.58. The molecular formula is C26H37ClN8O3. The van der Waals surface area contributed by atoms with E-state index in [4.69, 9.17) is 11.5 Å². The molecule has 0 radical (unpaired) electrons. The third-order valence-electron chi connectivity index (χ3n) is 7.71. The summed E-state index contributed by atoms with van der Waals surface area (Å²) < 4.78 is 1.45. The third-order valence-corrected chi connectivity index (χ3v) is 7.71. The Labute approximate surface area is 228 Å². The van der Waals surface area contributed by atoms with Gasteiger partial charge in [0.15, 0.2) is 0 Å². The molecular weight excluding hydrogens is 508 g/mol. The Balaban J connectivity index is 0.00000336. The number of likely N-dealkylation sites (tertiary alicyclic amines) is 1. The average Bonchev–Trinajstić information content (AvgIpc) is 3.52. The van der Waals surface area contributed by atoms with Gasteiger partial charge in [0.05, 0.1) is 11.2 Å². The zero-order valence-corrected chi connectivity index (χ0v) is 22.7. The van der Waals surface area contributed by atoms with Crippen molar-refractivity contribution >= 4 is 30.2 Å². The van der Waals surface area contributed by atoms with E-state index in [1.165, 1.54) is 16.6 Å². The summed E-state index contributed by atoms with van der Waals surface area (Å²) >= 11 is 0. The monoisotopic (exact) mass is 544 g/mol. The van der Waals surface area contributed by atoms with Gasteiger partial charge < -0.3 is 21.3 Å². The zero-order valence-electron chi connectivity index (χ0n) is 21.9. The molecule has 5 N–H and O–H groups in total. The number of benzene rings is 1. The minimum absolute atomic E-state index is 0. The van der Waals surface area contributed by atoms with Gasteiger partial charge in [0, 0.05) is 51.5 Å². The second kappa shape index (κ2) is 11.0. The van der Waals surface area contributed by atoms with Gasteiger partial charge in [-0.15, -0.1) is 12.4 Å². The fourth-order valence-electron chi connectivity index (χ4n) is 5.40. The van der Waals surface area contributed by atoms with Crippen LogP contribution >= 0.6 is 12.4 Å². The van der Waals surface area contributed by atoms with Crippen LogP contribution in [0.25, 0.3) is 5.69 Å². The largest absolute Gasteiger partial charge is 0.354 e. The van der Waals surface area contributed by atoms with Crippen LogP contribution in [0.4, 0.5) is 10.6 Å². The molecule has 0 spiro atoms. The molecule has 0 bridgehead atoms. The molecule has 5 rings (SSSR count). The number of hydrogen-bond acceptors (Lipinski definition) is 7. The molecule has 206 valence electrons. The zero-order chi connectivity index (χ0) is 26.3. The van der Waals surface area contributed by atoms with Crippen molar-refractivity contribution in [1.29, 1.82) is 0 Å². The molecule has 38 heavy (non-hydrogen) atoms. The number of nitrogens with zero attached hydrogens (tertiary/aromatic N) is 5. The van der Waals surface area contributed by atoms with Gasteiger partial charge in [0.1, 0.15) is 5.82 Å². The lowest BCUT2D eigenvalue weighted by molar-refractivity contribution is -0.137. The molecule has 1 aromatic carbocycles. The SMILES string of the molecule is CC(C)(N)C(=O)N1CCN(C(=O)Nc2ccn(-c3ccc(CN4CC[C@H]5[C@H](N)[C@H]5C4)cc3)c(=O)n2)CC1.Cl. The summed E-state index contributed by atoms with van der Waals surface area (Å²) in [6.45, 7) is 7.92. The van der Waals surface area contributed by atoms with Gasteiger partial charge in [0.2, 0.25) is 5.91 Å². The number of halogens is 1. The molecule has 3 heterocycles. The van der Waals surface area contributed by atoms with Crippen LogP contribution in [-0.4, -0.2) is 87.0 Å². The van der Waals surface area contributed by atoms with Crippen LogP contribution < -0.4 is 22.5 Å². The van der Waals surface area contributed by atoms with Gasteiger partial charge in [-0.05, 0) is 62.4 Å². The Hall–Kier alpha value is -2.99. The molecule has 3 aliphatic rings. The highest BCUT2D eigenvalue weighted by Gasteiger charge is 2.50. The lowest BCUT2D eigenvalue weighted by atomic mass is 10.1. The Morgan fingerprint density at radius 2 is 1.68 bits per heavy atom. The van der Waals surface area contributed by atoms with Crippen molar-refractivity contribution in [3.8, 4) is 5.69 Å². The fraction of sp³-hybridized carbons (Fsp3) is 0.538. The number of carbonyl (C=O) groups is 2. The van der Waals surface area contributed by atoms with E-state index < -0.39 is 11.2 Å². The molecule has 1 aromatic heterocycles. The predicted octanol–water partition coefficient (Wildman–Crippen LogP) is 0.847. The number of nitrogens with one attached hydrogen (secondary N) is 1. The van der Waals surface area contributed by atoms with Gasteiger partial charge in [0.25, 0.3) is 0 Å². The first-order valence-electron chi connectivity index (χ1n) is 12.9. The van der Waals surface area contributed by atoms with Crippen LogP contribution in [0.3, 0.4) is 0 Å². The summed E-state index contributed by atoms with van der Waals surface area (Å²) in [5, 5.41) is 2.69. The molecule has 3 amide bonds. The second-order valence-electron chi connectivity index (χ2n) is 11.0. The summed E-state index contributed by atoms with van der Waals surface area (Å²) in [6, 6.07) is 9.52. The molecule has 2 aromatic rings. The highest BCUT2D eigenvalue weighted by molar-refractivity contribution is 5.89. The van der Waals surface area contributed by atoms with E-state index in [0.717, 1.165) is 25.6 Å². The summed E-state index contributed by atoms with van der Waals surface area (Å²) in [6.07, 6.45) is 2.79. The quantitative estimate of drug-likeness (QED) is 0.506. The Bertz CT molecular complexity index is 1220. The Kier molecular flexibility index (Phi) is 8.12. The number of nitrogens with two attached hydrogens (primary N) is 2. The van der Waals surface area contributed by atoms with Gasteiger partial charge >= 0.3 is 11.7 Å². The first-order chi connectivity index (χ1) is 17.6. The number of urea groups is 1. The average molecular weight is 545 g/mol. The van der Waals surface area contributed by atoms with E-state index in [1.54, 1.807) is 35.9 Å². The van der Waals surface area contributed by atoms with Crippen LogP contribution in [0, 0.1) is 11.8 Å². The minimum Gasteiger partial charge on any atom is -0.338 e. The number of piperazine rings is 1. The number of anilines is 1. The molecule has 1 saturated carbocycles. The van der Waals surface area contributed by atoms with Gasteiger partial charge in [-0.2, -0.15) is 4.98 Å². The molecule has 3 atom stereocenters. The lowest BCUT2D eigenvalue weighted by Gasteiger charge is -2.37. The minimum atomic E-state index is -0.944. The molecule has 2 saturated heterocycles. The molecule has 2 aliphatic heterocycles. The van der Waals surface area contributed by atoms with Crippen LogP contribution in [0.2, 0.25) is 0 Å². The molecule has 12 heteroatoms. The first kappa shape index (κ1) is 28.0. The van der Waals surface area contributed by atoms with Gasteiger partial charge in [-0.1, -0.05) is 12.1 Å². The molecule has 0 unspecified atom stereocenters.